The maximum atomic E-state index is 12.4. The fraction of sp³-hybridized carbons (Fsp3) is 0.588. The van der Waals surface area contributed by atoms with E-state index in [2.05, 4.69) is 31.4 Å². The number of hydrogen-bond donors (Lipinski definition) is 2. The maximum absolute atomic E-state index is 12.4. The minimum atomic E-state index is 0.0481. The fourth-order valence-electron chi connectivity index (χ4n) is 2.92. The lowest BCUT2D eigenvalue weighted by atomic mass is 9.92. The molecular weight excluding hydrogens is 248 g/mol. The van der Waals surface area contributed by atoms with Gasteiger partial charge in [0.15, 0.2) is 0 Å². The van der Waals surface area contributed by atoms with Crippen LogP contribution < -0.4 is 10.6 Å². The summed E-state index contributed by atoms with van der Waals surface area (Å²) in [7, 11) is 0. The lowest BCUT2D eigenvalue weighted by molar-refractivity contribution is 0.0937. The Morgan fingerprint density at radius 3 is 2.75 bits per heavy atom. The second-order valence-electron chi connectivity index (χ2n) is 6.55. The molecule has 1 amide bonds. The summed E-state index contributed by atoms with van der Waals surface area (Å²) in [6.45, 7) is 7.56. The van der Waals surface area contributed by atoms with Crippen molar-refractivity contribution in [3.8, 4) is 0 Å². The summed E-state index contributed by atoms with van der Waals surface area (Å²) in [4.78, 5) is 12.4. The van der Waals surface area contributed by atoms with Gasteiger partial charge in [-0.25, -0.2) is 0 Å². The average Bonchev–Trinajstić information content (AvgIpc) is 2.76. The van der Waals surface area contributed by atoms with Gasteiger partial charge in [0.2, 0.25) is 0 Å². The zero-order valence-corrected chi connectivity index (χ0v) is 12.8. The van der Waals surface area contributed by atoms with Crippen molar-refractivity contribution in [2.45, 2.75) is 52.5 Å². The van der Waals surface area contributed by atoms with E-state index in [1.807, 2.05) is 24.3 Å². The Morgan fingerprint density at radius 1 is 1.35 bits per heavy atom. The van der Waals surface area contributed by atoms with Crippen molar-refractivity contribution in [2.75, 3.05) is 11.9 Å². The molecule has 1 saturated carbocycles. The van der Waals surface area contributed by atoms with Crippen LogP contribution in [0.25, 0.3) is 0 Å². The lowest BCUT2D eigenvalue weighted by Gasteiger charge is -2.18. The first-order valence-corrected chi connectivity index (χ1v) is 7.65. The molecule has 1 atom stereocenters. The van der Waals surface area contributed by atoms with Gasteiger partial charge in [-0.15, -0.1) is 0 Å². The Bertz CT molecular complexity index is 468. The number of para-hydroxylation sites is 1. The van der Waals surface area contributed by atoms with E-state index >= 15 is 0 Å². The second kappa shape index (κ2) is 6.29. The van der Waals surface area contributed by atoms with E-state index in [0.29, 0.717) is 11.5 Å². The first-order valence-electron chi connectivity index (χ1n) is 7.65. The van der Waals surface area contributed by atoms with E-state index in [-0.39, 0.29) is 5.91 Å². The molecule has 1 aromatic carbocycles. The Kier molecular flexibility index (Phi) is 4.69. The van der Waals surface area contributed by atoms with Crippen molar-refractivity contribution in [3.05, 3.63) is 29.8 Å². The van der Waals surface area contributed by atoms with Gasteiger partial charge < -0.3 is 10.6 Å². The monoisotopic (exact) mass is 274 g/mol. The number of hydrogen-bond acceptors (Lipinski definition) is 2. The van der Waals surface area contributed by atoms with Gasteiger partial charge in [-0.3, -0.25) is 4.79 Å². The smallest absolute Gasteiger partial charge is 0.253 e. The van der Waals surface area contributed by atoms with Crippen LogP contribution in [0.4, 0.5) is 5.69 Å². The number of carbonyl (C=O) groups is 1. The average molecular weight is 274 g/mol. The zero-order chi connectivity index (χ0) is 14.6. The molecule has 1 aliphatic carbocycles. The van der Waals surface area contributed by atoms with Crippen LogP contribution in [0.5, 0.6) is 0 Å². The van der Waals surface area contributed by atoms with E-state index in [4.69, 9.17) is 0 Å². The molecule has 3 heteroatoms. The predicted octanol–water partition coefficient (Wildman–Crippen LogP) is 3.82. The van der Waals surface area contributed by atoms with Crippen molar-refractivity contribution in [1.29, 1.82) is 0 Å². The Hall–Kier alpha value is -1.51. The molecule has 0 spiro atoms. The van der Waals surface area contributed by atoms with Gasteiger partial charge in [0.05, 0.1) is 5.56 Å². The summed E-state index contributed by atoms with van der Waals surface area (Å²) in [6.07, 6.45) is 4.40. The van der Waals surface area contributed by atoms with Gasteiger partial charge in [0.25, 0.3) is 5.91 Å². The van der Waals surface area contributed by atoms with E-state index in [9.17, 15) is 4.79 Å². The number of anilines is 1. The molecule has 2 N–H and O–H groups in total. The van der Waals surface area contributed by atoms with Crippen molar-refractivity contribution in [3.63, 3.8) is 0 Å². The Balaban J connectivity index is 2.02. The highest BCUT2D eigenvalue weighted by Crippen LogP contribution is 2.37. The third kappa shape index (κ3) is 3.75. The highest BCUT2D eigenvalue weighted by atomic mass is 16.1. The number of amides is 1. The molecule has 0 aliphatic heterocycles. The van der Waals surface area contributed by atoms with Crippen LogP contribution >= 0.6 is 0 Å². The molecule has 20 heavy (non-hydrogen) atoms. The Morgan fingerprint density at radius 2 is 2.10 bits per heavy atom. The van der Waals surface area contributed by atoms with Crippen molar-refractivity contribution >= 4 is 11.6 Å². The molecule has 3 nitrogen and oxygen atoms in total. The van der Waals surface area contributed by atoms with E-state index in [1.54, 1.807) is 0 Å². The number of carbonyl (C=O) groups excluding carboxylic acids is 1. The summed E-state index contributed by atoms with van der Waals surface area (Å²) in [5.74, 6) is 0.0481. The topological polar surface area (TPSA) is 41.1 Å². The van der Waals surface area contributed by atoms with E-state index in [0.717, 1.165) is 37.1 Å². The maximum Gasteiger partial charge on any atom is 0.253 e. The molecule has 0 bridgehead atoms. The first kappa shape index (κ1) is 14.9. The molecule has 0 aromatic heterocycles. The normalized spacial score (nSPS) is 20.6. The number of nitrogens with one attached hydrogen (secondary N) is 2. The van der Waals surface area contributed by atoms with Crippen molar-refractivity contribution < 1.29 is 4.79 Å². The van der Waals surface area contributed by atoms with Crippen LogP contribution in [0.3, 0.4) is 0 Å². The van der Waals surface area contributed by atoms with Crippen LogP contribution in [0.2, 0.25) is 0 Å². The molecule has 0 heterocycles. The van der Waals surface area contributed by atoms with Gasteiger partial charge in [0, 0.05) is 18.3 Å². The molecule has 1 unspecified atom stereocenters. The zero-order valence-electron chi connectivity index (χ0n) is 12.8. The van der Waals surface area contributed by atoms with Gasteiger partial charge in [0.1, 0.15) is 0 Å². The minimum absolute atomic E-state index is 0.0481. The highest BCUT2D eigenvalue weighted by molar-refractivity contribution is 5.99. The highest BCUT2D eigenvalue weighted by Gasteiger charge is 2.31. The first-order chi connectivity index (χ1) is 9.52. The lowest BCUT2D eigenvalue weighted by Crippen LogP contribution is -2.34. The summed E-state index contributed by atoms with van der Waals surface area (Å²) in [6, 6.07) is 8.08. The van der Waals surface area contributed by atoms with Crippen molar-refractivity contribution in [2.24, 2.45) is 5.41 Å². The summed E-state index contributed by atoms with van der Waals surface area (Å²) in [5.41, 5.74) is 2.05. The molecule has 0 radical (unpaired) electrons. The largest absolute Gasteiger partial charge is 0.384 e. The van der Waals surface area contributed by atoms with Crippen LogP contribution in [0.15, 0.2) is 24.3 Å². The quantitative estimate of drug-likeness (QED) is 0.857. The third-order valence-electron chi connectivity index (χ3n) is 4.04. The molecule has 110 valence electrons. The van der Waals surface area contributed by atoms with Crippen LogP contribution in [0.1, 0.15) is 56.8 Å². The number of rotatable bonds is 5. The molecule has 1 fully saturated rings. The minimum Gasteiger partial charge on any atom is -0.384 e. The molecule has 2 rings (SSSR count). The molecular formula is C17H26N2O. The van der Waals surface area contributed by atoms with Crippen molar-refractivity contribution in [1.82, 2.24) is 5.32 Å². The third-order valence-corrected chi connectivity index (χ3v) is 4.04. The number of benzene rings is 1. The fourth-order valence-corrected chi connectivity index (χ4v) is 2.92. The second-order valence-corrected chi connectivity index (χ2v) is 6.55. The van der Waals surface area contributed by atoms with Crippen LogP contribution in [-0.2, 0) is 0 Å². The van der Waals surface area contributed by atoms with E-state index < -0.39 is 0 Å². The van der Waals surface area contributed by atoms with Gasteiger partial charge in [-0.2, -0.15) is 0 Å². The molecule has 1 aromatic rings. The van der Waals surface area contributed by atoms with Gasteiger partial charge in [-0.1, -0.05) is 32.9 Å². The molecule has 0 saturated heterocycles. The standard InChI is InChI=1S/C17H26N2O/c1-4-11-18-15-8-6-5-7-14(15)16(20)19-13-9-10-17(2,3)12-13/h5-8,13,18H,4,9-12H2,1-3H3,(H,19,20). The molecule has 1 aliphatic rings. The van der Waals surface area contributed by atoms with Gasteiger partial charge >= 0.3 is 0 Å². The SMILES string of the molecule is CCCNc1ccccc1C(=O)NC1CCC(C)(C)C1. The summed E-state index contributed by atoms with van der Waals surface area (Å²) < 4.78 is 0. The summed E-state index contributed by atoms with van der Waals surface area (Å²) >= 11 is 0. The predicted molar refractivity (Wildman–Crippen MR) is 84.1 cm³/mol. The van der Waals surface area contributed by atoms with E-state index in [1.165, 1.54) is 6.42 Å². The van der Waals surface area contributed by atoms with Crippen LogP contribution in [0, 0.1) is 5.41 Å². The van der Waals surface area contributed by atoms with Crippen LogP contribution in [-0.4, -0.2) is 18.5 Å². The van der Waals surface area contributed by atoms with Gasteiger partial charge in [-0.05, 0) is 43.2 Å². The Labute approximate surface area is 122 Å². The summed E-state index contributed by atoms with van der Waals surface area (Å²) in [5, 5.41) is 6.51.